The minimum atomic E-state index is 0.0658. The summed E-state index contributed by atoms with van der Waals surface area (Å²) in [5, 5.41) is 3.20. The predicted molar refractivity (Wildman–Crippen MR) is 123 cm³/mol. The molecule has 1 heterocycles. The molecule has 1 aliphatic heterocycles. The molecule has 3 aliphatic rings. The molecule has 3 fully saturated rings. The molecule has 0 radical (unpaired) electrons. The Morgan fingerprint density at radius 3 is 2.48 bits per heavy atom. The Balaban J connectivity index is 1.23. The average molecular weight is 419 g/mol. The molecule has 31 heavy (non-hydrogen) atoms. The quantitative estimate of drug-likeness (QED) is 0.720. The first-order chi connectivity index (χ1) is 15.1. The number of hydrogen-bond acceptors (Lipinski definition) is 3. The summed E-state index contributed by atoms with van der Waals surface area (Å²) < 4.78 is 6.31. The number of ether oxygens (including phenoxy) is 1. The lowest BCUT2D eigenvalue weighted by molar-refractivity contribution is -0.122. The number of carbonyl (C=O) groups is 1. The van der Waals surface area contributed by atoms with Crippen LogP contribution in [0, 0.1) is 17.8 Å². The van der Waals surface area contributed by atoms with Crippen LogP contribution in [0.5, 0.6) is 0 Å². The van der Waals surface area contributed by atoms with Gasteiger partial charge in [0, 0.05) is 33.2 Å². The van der Waals surface area contributed by atoms with Crippen LogP contribution in [-0.4, -0.2) is 42.6 Å². The van der Waals surface area contributed by atoms with Crippen LogP contribution >= 0.6 is 0 Å². The molecule has 1 saturated heterocycles. The van der Waals surface area contributed by atoms with Crippen LogP contribution < -0.4 is 5.32 Å². The standard InChI is InChI=1S/C27H34N2O2/c1-19(30)28-26-13-24-16-29(17-25(24)14-27(26)31-18-20-10-11-20)15-21-6-5-9-23(12-21)22-7-3-2-4-8-22/h2-9,12,20,24-27H,10-11,13-18H2,1H3,(H,28,30)/t24-,25+,26-,27-/m1/s1. The number of benzene rings is 2. The summed E-state index contributed by atoms with van der Waals surface area (Å²) in [4.78, 5) is 14.4. The van der Waals surface area contributed by atoms with Crippen molar-refractivity contribution in [2.24, 2.45) is 17.8 Å². The number of carbonyl (C=O) groups excluding carboxylic acids is 1. The van der Waals surface area contributed by atoms with Crippen molar-refractivity contribution in [2.45, 2.75) is 51.3 Å². The molecule has 0 unspecified atom stereocenters. The lowest BCUT2D eigenvalue weighted by Gasteiger charge is -2.38. The van der Waals surface area contributed by atoms with Gasteiger partial charge in [-0.05, 0) is 66.2 Å². The Morgan fingerprint density at radius 2 is 1.74 bits per heavy atom. The predicted octanol–water partition coefficient (Wildman–Crippen LogP) is 4.50. The fourth-order valence-corrected chi connectivity index (χ4v) is 5.52. The van der Waals surface area contributed by atoms with Crippen molar-refractivity contribution in [1.82, 2.24) is 10.2 Å². The summed E-state index contributed by atoms with van der Waals surface area (Å²) in [6.07, 6.45) is 4.90. The van der Waals surface area contributed by atoms with Gasteiger partial charge in [0.2, 0.25) is 5.91 Å². The molecule has 5 rings (SSSR count). The normalized spacial score (nSPS) is 28.3. The first-order valence-electron chi connectivity index (χ1n) is 11.9. The van der Waals surface area contributed by atoms with Crippen LogP contribution in [0.2, 0.25) is 0 Å². The zero-order valence-corrected chi connectivity index (χ0v) is 18.5. The molecule has 164 valence electrons. The Hall–Kier alpha value is -2.17. The van der Waals surface area contributed by atoms with Crippen LogP contribution in [0.15, 0.2) is 54.6 Å². The molecule has 1 amide bonds. The highest BCUT2D eigenvalue weighted by Crippen LogP contribution is 2.39. The molecule has 4 atom stereocenters. The number of amides is 1. The van der Waals surface area contributed by atoms with Crippen LogP contribution in [0.1, 0.15) is 38.2 Å². The van der Waals surface area contributed by atoms with E-state index in [1.54, 1.807) is 6.92 Å². The highest BCUT2D eigenvalue weighted by atomic mass is 16.5. The van der Waals surface area contributed by atoms with Crippen molar-refractivity contribution >= 4 is 5.91 Å². The maximum absolute atomic E-state index is 11.8. The van der Waals surface area contributed by atoms with E-state index in [0.29, 0.717) is 11.8 Å². The third-order valence-electron chi connectivity index (χ3n) is 7.26. The van der Waals surface area contributed by atoms with Gasteiger partial charge in [-0.2, -0.15) is 0 Å². The Bertz CT molecular complexity index is 895. The second-order valence-electron chi connectivity index (χ2n) is 9.87. The fourth-order valence-electron chi connectivity index (χ4n) is 5.52. The molecular weight excluding hydrogens is 384 g/mol. The largest absolute Gasteiger partial charge is 0.376 e. The van der Waals surface area contributed by atoms with E-state index >= 15 is 0 Å². The lowest BCUT2D eigenvalue weighted by atomic mass is 9.77. The molecule has 2 aliphatic carbocycles. The molecule has 0 bridgehead atoms. The SMILES string of the molecule is CC(=O)N[C@@H]1C[C@@H]2CN(Cc3cccc(-c4ccccc4)c3)C[C@@H]2C[C@H]1OCC1CC1. The van der Waals surface area contributed by atoms with E-state index in [1.807, 2.05) is 0 Å². The van der Waals surface area contributed by atoms with E-state index < -0.39 is 0 Å². The topological polar surface area (TPSA) is 41.6 Å². The van der Waals surface area contributed by atoms with Gasteiger partial charge in [-0.1, -0.05) is 48.5 Å². The van der Waals surface area contributed by atoms with Gasteiger partial charge in [0.1, 0.15) is 0 Å². The van der Waals surface area contributed by atoms with Gasteiger partial charge in [0.15, 0.2) is 0 Å². The Kier molecular flexibility index (Phi) is 6.10. The molecule has 2 aromatic carbocycles. The Labute approximate surface area is 186 Å². The zero-order chi connectivity index (χ0) is 21.2. The van der Waals surface area contributed by atoms with Crippen LogP contribution in [0.3, 0.4) is 0 Å². The van der Waals surface area contributed by atoms with E-state index in [9.17, 15) is 4.79 Å². The maximum atomic E-state index is 11.8. The lowest BCUT2D eigenvalue weighted by Crippen LogP contribution is -2.50. The fraction of sp³-hybridized carbons (Fsp3) is 0.519. The molecule has 4 heteroatoms. The summed E-state index contributed by atoms with van der Waals surface area (Å²) in [6, 6.07) is 19.7. The molecule has 0 spiro atoms. The van der Waals surface area contributed by atoms with E-state index in [2.05, 4.69) is 64.8 Å². The number of fused-ring (bicyclic) bond motifs is 1. The van der Waals surface area contributed by atoms with Crippen LogP contribution in [-0.2, 0) is 16.1 Å². The van der Waals surface area contributed by atoms with Gasteiger partial charge in [-0.25, -0.2) is 0 Å². The maximum Gasteiger partial charge on any atom is 0.217 e. The van der Waals surface area contributed by atoms with Gasteiger partial charge >= 0.3 is 0 Å². The zero-order valence-electron chi connectivity index (χ0n) is 18.5. The number of hydrogen-bond donors (Lipinski definition) is 1. The van der Waals surface area contributed by atoms with Crippen molar-refractivity contribution in [3.63, 3.8) is 0 Å². The van der Waals surface area contributed by atoms with E-state index in [0.717, 1.165) is 45.0 Å². The summed E-state index contributed by atoms with van der Waals surface area (Å²) in [5.41, 5.74) is 3.93. The Morgan fingerprint density at radius 1 is 1.00 bits per heavy atom. The molecule has 0 aromatic heterocycles. The van der Waals surface area contributed by atoms with Crippen molar-refractivity contribution < 1.29 is 9.53 Å². The summed E-state index contributed by atoms with van der Waals surface area (Å²) in [6.45, 7) is 5.74. The van der Waals surface area contributed by atoms with Gasteiger partial charge in [0.25, 0.3) is 0 Å². The van der Waals surface area contributed by atoms with Crippen molar-refractivity contribution in [3.8, 4) is 11.1 Å². The summed E-state index contributed by atoms with van der Waals surface area (Å²) in [5.74, 6) is 2.14. The second kappa shape index (κ2) is 9.13. The highest BCUT2D eigenvalue weighted by molar-refractivity contribution is 5.73. The monoisotopic (exact) mass is 418 g/mol. The number of nitrogens with zero attached hydrogens (tertiary/aromatic N) is 1. The third kappa shape index (κ3) is 5.19. The average Bonchev–Trinajstić information content (AvgIpc) is 3.52. The van der Waals surface area contributed by atoms with Crippen molar-refractivity contribution in [2.75, 3.05) is 19.7 Å². The van der Waals surface area contributed by atoms with Gasteiger partial charge < -0.3 is 10.1 Å². The first kappa shape index (κ1) is 20.7. The summed E-state index contributed by atoms with van der Waals surface area (Å²) in [7, 11) is 0. The number of likely N-dealkylation sites (tertiary alicyclic amines) is 1. The second-order valence-corrected chi connectivity index (χ2v) is 9.87. The van der Waals surface area contributed by atoms with E-state index in [4.69, 9.17) is 4.74 Å². The van der Waals surface area contributed by atoms with Gasteiger partial charge in [0.05, 0.1) is 12.1 Å². The molecular formula is C27H34N2O2. The molecule has 2 aromatic rings. The van der Waals surface area contributed by atoms with E-state index in [1.165, 1.54) is 29.5 Å². The minimum absolute atomic E-state index is 0.0658. The van der Waals surface area contributed by atoms with Gasteiger partial charge in [-0.3, -0.25) is 9.69 Å². The molecule has 2 saturated carbocycles. The number of nitrogens with one attached hydrogen (secondary N) is 1. The molecule has 1 N–H and O–H groups in total. The first-order valence-corrected chi connectivity index (χ1v) is 11.9. The molecule has 4 nitrogen and oxygen atoms in total. The van der Waals surface area contributed by atoms with Crippen molar-refractivity contribution in [1.29, 1.82) is 0 Å². The number of rotatable bonds is 7. The smallest absolute Gasteiger partial charge is 0.217 e. The van der Waals surface area contributed by atoms with Crippen LogP contribution in [0.4, 0.5) is 0 Å². The van der Waals surface area contributed by atoms with E-state index in [-0.39, 0.29) is 18.1 Å². The van der Waals surface area contributed by atoms with Gasteiger partial charge in [-0.15, -0.1) is 0 Å². The van der Waals surface area contributed by atoms with Crippen molar-refractivity contribution in [3.05, 3.63) is 60.2 Å². The third-order valence-corrected chi connectivity index (χ3v) is 7.26. The minimum Gasteiger partial charge on any atom is -0.376 e. The highest BCUT2D eigenvalue weighted by Gasteiger charge is 2.43. The van der Waals surface area contributed by atoms with Crippen LogP contribution in [0.25, 0.3) is 11.1 Å². The summed E-state index contributed by atoms with van der Waals surface area (Å²) >= 11 is 0.